The van der Waals surface area contributed by atoms with Gasteiger partial charge in [0.1, 0.15) is 23.6 Å². The summed E-state index contributed by atoms with van der Waals surface area (Å²) >= 11 is 0. The van der Waals surface area contributed by atoms with Crippen molar-refractivity contribution in [2.75, 3.05) is 38.5 Å². The number of benzene rings is 2. The van der Waals surface area contributed by atoms with Crippen LogP contribution in [-0.4, -0.2) is 88.5 Å². The summed E-state index contributed by atoms with van der Waals surface area (Å²) in [7, 11) is 1.99. The molecule has 5 rings (SSSR count). The maximum atomic E-state index is 15.7. The lowest BCUT2D eigenvalue weighted by atomic mass is 9.91. The van der Waals surface area contributed by atoms with Gasteiger partial charge in [-0.15, -0.1) is 0 Å². The van der Waals surface area contributed by atoms with Gasteiger partial charge < -0.3 is 25.8 Å². The molecule has 2 heterocycles. The standard InChI is InChI=1S/C35H44FN7O4/c1-5-30(44)39-31(35(47)42-19-17-41(4)18-20-42)22(3)24-12-14-28(27(36)21-24)38-34(46)32(26-13-11-23-9-7-8-10-25(23)26)40-33(45)29-15-16-37-43(29)6-2/h7-10,12,14-16,21-22,26,31-32H,5-6,11,13,17-20H2,1-4H3,(H,38,46)(H,39,44)(H,40,45)/t22-,26?,31+,32?/m0/s1. The van der Waals surface area contributed by atoms with Crippen LogP contribution in [0, 0.1) is 5.82 Å². The predicted molar refractivity (Wildman–Crippen MR) is 176 cm³/mol. The maximum Gasteiger partial charge on any atom is 0.270 e. The lowest BCUT2D eigenvalue weighted by molar-refractivity contribution is -0.138. The molecule has 2 aromatic carbocycles. The Bertz CT molecular complexity index is 1620. The third-order valence-corrected chi connectivity index (χ3v) is 9.39. The zero-order chi connectivity index (χ0) is 33.7. The van der Waals surface area contributed by atoms with Crippen LogP contribution in [0.4, 0.5) is 10.1 Å². The Morgan fingerprint density at radius 1 is 1.00 bits per heavy atom. The van der Waals surface area contributed by atoms with Gasteiger partial charge in [-0.25, -0.2) is 4.39 Å². The van der Waals surface area contributed by atoms with E-state index in [0.717, 1.165) is 30.6 Å². The van der Waals surface area contributed by atoms with Crippen molar-refractivity contribution in [2.24, 2.45) is 0 Å². The molecule has 1 fully saturated rings. The van der Waals surface area contributed by atoms with Crippen LogP contribution < -0.4 is 16.0 Å². The summed E-state index contributed by atoms with van der Waals surface area (Å²) in [5.41, 5.74) is 2.88. The minimum atomic E-state index is -0.973. The van der Waals surface area contributed by atoms with Gasteiger partial charge in [0, 0.05) is 57.2 Å². The van der Waals surface area contributed by atoms with Gasteiger partial charge in [0.15, 0.2) is 0 Å². The molecule has 11 nitrogen and oxygen atoms in total. The average molecular weight is 646 g/mol. The van der Waals surface area contributed by atoms with E-state index in [-0.39, 0.29) is 29.8 Å². The number of nitrogens with one attached hydrogen (secondary N) is 3. The van der Waals surface area contributed by atoms with Crippen molar-refractivity contribution in [3.63, 3.8) is 0 Å². The van der Waals surface area contributed by atoms with E-state index in [1.165, 1.54) is 18.3 Å². The molecule has 4 atom stereocenters. The molecule has 3 N–H and O–H groups in total. The maximum absolute atomic E-state index is 15.7. The lowest BCUT2D eigenvalue weighted by Crippen LogP contribution is -2.55. The van der Waals surface area contributed by atoms with Gasteiger partial charge in [0.2, 0.25) is 17.7 Å². The van der Waals surface area contributed by atoms with E-state index in [1.807, 2.05) is 38.2 Å². The Hall–Kier alpha value is -4.58. The van der Waals surface area contributed by atoms with Gasteiger partial charge in [-0.05, 0) is 61.7 Å². The van der Waals surface area contributed by atoms with Crippen LogP contribution in [0.3, 0.4) is 0 Å². The molecule has 4 amide bonds. The molecule has 12 heteroatoms. The molecule has 250 valence electrons. The van der Waals surface area contributed by atoms with E-state index < -0.39 is 35.6 Å². The fraction of sp³-hybridized carbons (Fsp3) is 0.457. The molecule has 1 saturated heterocycles. The van der Waals surface area contributed by atoms with Crippen LogP contribution >= 0.6 is 0 Å². The van der Waals surface area contributed by atoms with Gasteiger partial charge in [-0.2, -0.15) is 5.10 Å². The van der Waals surface area contributed by atoms with E-state index in [4.69, 9.17) is 0 Å². The molecule has 0 bridgehead atoms. The number of likely N-dealkylation sites (N-methyl/N-ethyl adjacent to an activating group) is 1. The highest BCUT2D eigenvalue weighted by Gasteiger charge is 2.37. The molecule has 3 aromatic rings. The van der Waals surface area contributed by atoms with Gasteiger partial charge in [0.25, 0.3) is 5.91 Å². The number of hydrogen-bond donors (Lipinski definition) is 3. The Morgan fingerprint density at radius 3 is 2.45 bits per heavy atom. The van der Waals surface area contributed by atoms with Crippen LogP contribution in [-0.2, 0) is 27.3 Å². The van der Waals surface area contributed by atoms with E-state index in [0.29, 0.717) is 37.3 Å². The summed E-state index contributed by atoms with van der Waals surface area (Å²) < 4.78 is 17.3. The summed E-state index contributed by atoms with van der Waals surface area (Å²) in [6.45, 7) is 8.41. The third-order valence-electron chi connectivity index (χ3n) is 9.39. The van der Waals surface area contributed by atoms with Crippen molar-refractivity contribution in [1.82, 2.24) is 30.2 Å². The van der Waals surface area contributed by atoms with Crippen molar-refractivity contribution in [1.29, 1.82) is 0 Å². The average Bonchev–Trinajstić information content (AvgIpc) is 3.74. The SMILES string of the molecule is CCC(=O)N[C@@H](C(=O)N1CCN(C)CC1)[C@@H](C)c1ccc(NC(=O)C(NC(=O)c2ccnn2CC)C2CCc3ccccc32)c(F)c1. The Morgan fingerprint density at radius 2 is 1.74 bits per heavy atom. The second-order valence-electron chi connectivity index (χ2n) is 12.4. The number of amides is 4. The molecule has 1 aliphatic carbocycles. The van der Waals surface area contributed by atoms with Crippen molar-refractivity contribution < 1.29 is 23.6 Å². The number of carbonyl (C=O) groups excluding carboxylic acids is 4. The number of piperazine rings is 1. The largest absolute Gasteiger partial charge is 0.344 e. The Balaban J connectivity index is 1.37. The van der Waals surface area contributed by atoms with Crippen LogP contribution in [0.1, 0.15) is 72.6 Å². The number of hydrogen-bond acceptors (Lipinski definition) is 6. The molecule has 0 saturated carbocycles. The van der Waals surface area contributed by atoms with Crippen molar-refractivity contribution in [3.8, 4) is 0 Å². The van der Waals surface area contributed by atoms with E-state index >= 15 is 4.39 Å². The molecule has 1 aromatic heterocycles. The Kier molecular flexibility index (Phi) is 10.7. The van der Waals surface area contributed by atoms with Gasteiger partial charge in [-0.1, -0.05) is 44.2 Å². The number of halogens is 1. The van der Waals surface area contributed by atoms with Crippen LogP contribution in [0.15, 0.2) is 54.7 Å². The van der Waals surface area contributed by atoms with Crippen LogP contribution in [0.5, 0.6) is 0 Å². The molecule has 0 radical (unpaired) electrons. The minimum Gasteiger partial charge on any atom is -0.344 e. The zero-order valence-electron chi connectivity index (χ0n) is 27.5. The van der Waals surface area contributed by atoms with Crippen molar-refractivity contribution in [2.45, 2.75) is 70.5 Å². The number of aromatic nitrogens is 2. The fourth-order valence-electron chi connectivity index (χ4n) is 6.50. The molecule has 2 unspecified atom stereocenters. The number of carbonyl (C=O) groups is 4. The summed E-state index contributed by atoms with van der Waals surface area (Å²) in [6.07, 6.45) is 3.16. The third kappa shape index (κ3) is 7.54. The van der Waals surface area contributed by atoms with Gasteiger partial charge in [-0.3, -0.25) is 23.9 Å². The quantitative estimate of drug-likeness (QED) is 0.294. The van der Waals surface area contributed by atoms with Crippen molar-refractivity contribution >= 4 is 29.3 Å². The highest BCUT2D eigenvalue weighted by molar-refractivity contribution is 6.01. The molecule has 47 heavy (non-hydrogen) atoms. The second kappa shape index (κ2) is 14.9. The topological polar surface area (TPSA) is 129 Å². The van der Waals surface area contributed by atoms with E-state index in [1.54, 1.807) is 35.6 Å². The van der Waals surface area contributed by atoms with Gasteiger partial charge in [0.05, 0.1) is 5.69 Å². The first-order chi connectivity index (χ1) is 22.6. The predicted octanol–water partition coefficient (Wildman–Crippen LogP) is 3.28. The number of anilines is 1. The fourth-order valence-corrected chi connectivity index (χ4v) is 6.50. The number of aryl methyl sites for hydroxylation is 2. The van der Waals surface area contributed by atoms with Crippen molar-refractivity contribution in [3.05, 3.63) is 82.9 Å². The Labute approximate surface area is 274 Å². The molecular weight excluding hydrogens is 601 g/mol. The van der Waals surface area contributed by atoms with E-state index in [9.17, 15) is 19.2 Å². The highest BCUT2D eigenvalue weighted by Crippen LogP contribution is 2.36. The summed E-state index contributed by atoms with van der Waals surface area (Å²) in [5, 5.41) is 12.6. The molecule has 0 spiro atoms. The summed E-state index contributed by atoms with van der Waals surface area (Å²) in [6, 6.07) is 12.0. The number of fused-ring (bicyclic) bond motifs is 1. The first-order valence-corrected chi connectivity index (χ1v) is 16.4. The summed E-state index contributed by atoms with van der Waals surface area (Å²) in [5.74, 6) is -2.98. The first kappa shape index (κ1) is 33.8. The molecular formula is C35H44FN7O4. The lowest BCUT2D eigenvalue weighted by Gasteiger charge is -2.36. The van der Waals surface area contributed by atoms with Crippen LogP contribution in [0.25, 0.3) is 0 Å². The molecule has 1 aliphatic heterocycles. The smallest absolute Gasteiger partial charge is 0.270 e. The van der Waals surface area contributed by atoms with E-state index in [2.05, 4.69) is 25.9 Å². The monoisotopic (exact) mass is 645 g/mol. The summed E-state index contributed by atoms with van der Waals surface area (Å²) in [4.78, 5) is 57.1. The number of nitrogens with zero attached hydrogens (tertiary/aromatic N) is 4. The number of rotatable bonds is 11. The highest BCUT2D eigenvalue weighted by atomic mass is 19.1. The normalized spacial score (nSPS) is 18.1. The second-order valence-corrected chi connectivity index (χ2v) is 12.4. The molecule has 2 aliphatic rings. The van der Waals surface area contributed by atoms with Gasteiger partial charge >= 0.3 is 0 Å². The zero-order valence-corrected chi connectivity index (χ0v) is 27.5. The van der Waals surface area contributed by atoms with Crippen LogP contribution in [0.2, 0.25) is 0 Å². The minimum absolute atomic E-state index is 0.0466. The first-order valence-electron chi connectivity index (χ1n) is 16.4.